The Balaban J connectivity index is 2.20. The number of fused-ring (bicyclic) bond motifs is 1. The summed E-state index contributed by atoms with van der Waals surface area (Å²) in [6.45, 7) is 7.05. The second-order valence-corrected chi connectivity index (χ2v) is 8.15. The first-order valence-corrected chi connectivity index (χ1v) is 9.71. The van der Waals surface area contributed by atoms with Gasteiger partial charge < -0.3 is 5.32 Å². The Hall–Kier alpha value is -0.870. The molecule has 1 N–H and O–H groups in total. The van der Waals surface area contributed by atoms with Gasteiger partial charge in [0, 0.05) is 6.04 Å². The smallest absolute Gasteiger partial charge is 0.179 e. The second-order valence-electron chi connectivity index (χ2n) is 6.12. The van der Waals surface area contributed by atoms with Crippen molar-refractivity contribution in [2.75, 3.05) is 12.3 Å². The molecule has 118 valence electrons. The van der Waals surface area contributed by atoms with Crippen LogP contribution in [0.1, 0.15) is 44.7 Å². The molecule has 1 aliphatic carbocycles. The van der Waals surface area contributed by atoms with E-state index >= 15 is 0 Å². The van der Waals surface area contributed by atoms with Crippen LogP contribution in [0.3, 0.4) is 0 Å². The van der Waals surface area contributed by atoms with E-state index in [4.69, 9.17) is 0 Å². The Kier molecular flexibility index (Phi) is 5.44. The van der Waals surface area contributed by atoms with Gasteiger partial charge in [-0.3, -0.25) is 0 Å². The molecule has 0 spiro atoms. The van der Waals surface area contributed by atoms with E-state index in [9.17, 15) is 8.42 Å². The molecule has 0 amide bonds. The summed E-state index contributed by atoms with van der Waals surface area (Å²) in [7, 11) is -3.22. The number of sulfone groups is 1. The standard InChI is InChI=1S/C17H27NO2S/c1-4-13(3)17(18-5-2)12-21(19,20)16-10-9-14-7-6-8-15(14)11-16/h9-11,13,17-18H,4-8,12H2,1-3H3. The highest BCUT2D eigenvalue weighted by Gasteiger charge is 2.25. The lowest BCUT2D eigenvalue weighted by Crippen LogP contribution is -2.40. The first kappa shape index (κ1) is 16.5. The lowest BCUT2D eigenvalue weighted by molar-refractivity contribution is 0.398. The molecule has 0 saturated carbocycles. The SMILES string of the molecule is CCNC(CS(=O)(=O)c1ccc2c(c1)CCC2)C(C)CC. The van der Waals surface area contributed by atoms with Crippen LogP contribution in [0, 0.1) is 5.92 Å². The van der Waals surface area contributed by atoms with Gasteiger partial charge in [0.25, 0.3) is 0 Å². The fourth-order valence-electron chi connectivity index (χ4n) is 3.05. The van der Waals surface area contributed by atoms with E-state index in [-0.39, 0.29) is 11.8 Å². The largest absolute Gasteiger partial charge is 0.313 e. The molecule has 0 bridgehead atoms. The molecule has 1 aromatic rings. The van der Waals surface area contributed by atoms with Gasteiger partial charge in [-0.1, -0.05) is 33.3 Å². The van der Waals surface area contributed by atoms with E-state index in [2.05, 4.69) is 19.2 Å². The zero-order valence-electron chi connectivity index (χ0n) is 13.4. The minimum atomic E-state index is -3.22. The molecule has 0 fully saturated rings. The zero-order chi connectivity index (χ0) is 15.5. The van der Waals surface area contributed by atoms with Gasteiger partial charge in [-0.15, -0.1) is 0 Å². The van der Waals surface area contributed by atoms with Gasteiger partial charge in [-0.05, 0) is 55.0 Å². The average Bonchev–Trinajstić information content (AvgIpc) is 2.93. The predicted octanol–water partition coefficient (Wildman–Crippen LogP) is 2.97. The highest BCUT2D eigenvalue weighted by Crippen LogP contribution is 2.26. The van der Waals surface area contributed by atoms with Gasteiger partial charge in [0.1, 0.15) is 0 Å². The molecule has 0 aromatic heterocycles. The average molecular weight is 309 g/mol. The molecule has 2 rings (SSSR count). The summed E-state index contributed by atoms with van der Waals surface area (Å²) >= 11 is 0. The molecule has 4 heteroatoms. The summed E-state index contributed by atoms with van der Waals surface area (Å²) in [5.74, 6) is 0.545. The molecule has 3 nitrogen and oxygen atoms in total. The fraction of sp³-hybridized carbons (Fsp3) is 0.647. The van der Waals surface area contributed by atoms with Gasteiger partial charge in [-0.2, -0.15) is 0 Å². The quantitative estimate of drug-likeness (QED) is 0.842. The highest BCUT2D eigenvalue weighted by atomic mass is 32.2. The van der Waals surface area contributed by atoms with Crippen molar-refractivity contribution in [2.24, 2.45) is 5.92 Å². The molecular weight excluding hydrogens is 282 g/mol. The molecule has 2 unspecified atom stereocenters. The van der Waals surface area contributed by atoms with Crippen LogP contribution in [0.2, 0.25) is 0 Å². The van der Waals surface area contributed by atoms with Crippen molar-refractivity contribution in [3.05, 3.63) is 29.3 Å². The van der Waals surface area contributed by atoms with E-state index in [0.717, 1.165) is 32.2 Å². The third-order valence-corrected chi connectivity index (χ3v) is 6.40. The Morgan fingerprint density at radius 3 is 2.57 bits per heavy atom. The maximum Gasteiger partial charge on any atom is 0.179 e. The first-order valence-electron chi connectivity index (χ1n) is 8.05. The van der Waals surface area contributed by atoms with Crippen LogP contribution < -0.4 is 5.32 Å². The fourth-order valence-corrected chi connectivity index (χ4v) is 4.75. The first-order chi connectivity index (χ1) is 9.97. The molecule has 1 aliphatic rings. The lowest BCUT2D eigenvalue weighted by Gasteiger charge is -2.23. The topological polar surface area (TPSA) is 46.2 Å². The molecule has 0 aliphatic heterocycles. The third-order valence-electron chi connectivity index (χ3n) is 4.63. The number of rotatable bonds is 7. The van der Waals surface area contributed by atoms with Crippen LogP contribution in [-0.2, 0) is 22.7 Å². The van der Waals surface area contributed by atoms with Crippen molar-refractivity contribution < 1.29 is 8.42 Å². The molecule has 2 atom stereocenters. The monoisotopic (exact) mass is 309 g/mol. The summed E-state index contributed by atoms with van der Waals surface area (Å²) in [5, 5.41) is 3.33. The predicted molar refractivity (Wildman–Crippen MR) is 87.4 cm³/mol. The van der Waals surface area contributed by atoms with Crippen molar-refractivity contribution >= 4 is 9.84 Å². The summed E-state index contributed by atoms with van der Waals surface area (Å²) in [6.07, 6.45) is 4.23. The van der Waals surface area contributed by atoms with Crippen molar-refractivity contribution in [3.63, 3.8) is 0 Å². The molecule has 0 radical (unpaired) electrons. The van der Waals surface area contributed by atoms with Crippen LogP contribution in [0.15, 0.2) is 23.1 Å². The third kappa shape index (κ3) is 3.86. The van der Waals surface area contributed by atoms with E-state index in [0.29, 0.717) is 10.8 Å². The molecule has 0 heterocycles. The molecule has 21 heavy (non-hydrogen) atoms. The van der Waals surface area contributed by atoms with Crippen LogP contribution in [0.5, 0.6) is 0 Å². The van der Waals surface area contributed by atoms with E-state index in [1.165, 1.54) is 11.1 Å². The molecule has 0 saturated heterocycles. The number of hydrogen-bond acceptors (Lipinski definition) is 3. The number of aryl methyl sites for hydroxylation is 2. The van der Waals surface area contributed by atoms with Gasteiger partial charge in [0.15, 0.2) is 9.84 Å². The van der Waals surface area contributed by atoms with Crippen LogP contribution in [-0.4, -0.2) is 26.8 Å². The minimum Gasteiger partial charge on any atom is -0.313 e. The van der Waals surface area contributed by atoms with Crippen LogP contribution in [0.4, 0.5) is 0 Å². The van der Waals surface area contributed by atoms with Crippen molar-refractivity contribution in [1.29, 1.82) is 0 Å². The van der Waals surface area contributed by atoms with Crippen molar-refractivity contribution in [3.8, 4) is 0 Å². The van der Waals surface area contributed by atoms with Gasteiger partial charge in [-0.25, -0.2) is 8.42 Å². The summed E-state index contributed by atoms with van der Waals surface area (Å²) in [5.41, 5.74) is 2.54. The number of benzene rings is 1. The van der Waals surface area contributed by atoms with Crippen LogP contribution in [0.25, 0.3) is 0 Å². The minimum absolute atomic E-state index is 0.0262. The molecular formula is C17H27NO2S. The van der Waals surface area contributed by atoms with E-state index in [1.54, 1.807) is 6.07 Å². The van der Waals surface area contributed by atoms with Crippen LogP contribution >= 0.6 is 0 Å². The summed E-state index contributed by atoms with van der Waals surface area (Å²) in [6, 6.07) is 5.72. The van der Waals surface area contributed by atoms with Gasteiger partial charge in [0.2, 0.25) is 0 Å². The Morgan fingerprint density at radius 1 is 1.19 bits per heavy atom. The zero-order valence-corrected chi connectivity index (χ0v) is 14.2. The highest BCUT2D eigenvalue weighted by molar-refractivity contribution is 7.91. The van der Waals surface area contributed by atoms with Crippen molar-refractivity contribution in [1.82, 2.24) is 5.32 Å². The Bertz CT molecular complexity index is 580. The summed E-state index contributed by atoms with van der Waals surface area (Å²) < 4.78 is 25.4. The molecule has 1 aromatic carbocycles. The van der Waals surface area contributed by atoms with E-state index < -0.39 is 9.84 Å². The number of nitrogens with one attached hydrogen (secondary N) is 1. The number of hydrogen-bond donors (Lipinski definition) is 1. The maximum atomic E-state index is 12.7. The van der Waals surface area contributed by atoms with Gasteiger partial charge >= 0.3 is 0 Å². The van der Waals surface area contributed by atoms with Crippen molar-refractivity contribution in [2.45, 2.75) is 57.4 Å². The maximum absolute atomic E-state index is 12.7. The lowest BCUT2D eigenvalue weighted by atomic mass is 10.0. The van der Waals surface area contributed by atoms with Gasteiger partial charge in [0.05, 0.1) is 10.6 Å². The second kappa shape index (κ2) is 6.93. The van der Waals surface area contributed by atoms with E-state index in [1.807, 2.05) is 19.1 Å². The summed E-state index contributed by atoms with van der Waals surface area (Å²) in [4.78, 5) is 0.495. The normalized spacial score (nSPS) is 17.5. The Labute approximate surface area is 129 Å². The Morgan fingerprint density at radius 2 is 1.90 bits per heavy atom.